The number of rotatable bonds is 3. The highest BCUT2D eigenvalue weighted by molar-refractivity contribution is 8.15. The van der Waals surface area contributed by atoms with Crippen molar-refractivity contribution in [3.05, 3.63) is 35.7 Å². The summed E-state index contributed by atoms with van der Waals surface area (Å²) in [7, 11) is 0. The van der Waals surface area contributed by atoms with Gasteiger partial charge < -0.3 is 9.84 Å². The predicted molar refractivity (Wildman–Crippen MR) is 80.1 cm³/mol. The van der Waals surface area contributed by atoms with E-state index in [4.69, 9.17) is 4.52 Å². The number of amidine groups is 1. The molecule has 1 aliphatic rings. The Kier molecular flexibility index (Phi) is 3.78. The lowest BCUT2D eigenvalue weighted by molar-refractivity contribution is -0.116. The summed E-state index contributed by atoms with van der Waals surface area (Å²) in [5.41, 5.74) is 1.66. The Bertz CT molecular complexity index is 738. The first-order valence-corrected chi connectivity index (χ1v) is 7.14. The van der Waals surface area contributed by atoms with Gasteiger partial charge >= 0.3 is 0 Å². The fraction of sp³-hybridized carbons (Fsp3) is 0.154. The first-order valence-electron chi connectivity index (χ1n) is 6.15. The molecule has 0 atom stereocenters. The highest BCUT2D eigenvalue weighted by Crippen LogP contribution is 2.17. The van der Waals surface area contributed by atoms with Crippen LogP contribution in [-0.4, -0.2) is 33.2 Å². The van der Waals surface area contributed by atoms with Gasteiger partial charge in [0.1, 0.15) is 0 Å². The molecule has 1 fully saturated rings. The van der Waals surface area contributed by atoms with E-state index in [0.29, 0.717) is 22.6 Å². The average Bonchev–Trinajstić information content (AvgIpc) is 3.08. The summed E-state index contributed by atoms with van der Waals surface area (Å²) >= 11 is 1.33. The van der Waals surface area contributed by atoms with Crippen molar-refractivity contribution in [3.63, 3.8) is 0 Å². The van der Waals surface area contributed by atoms with Crippen LogP contribution in [-0.2, 0) is 4.79 Å². The van der Waals surface area contributed by atoms with Crippen LogP contribution in [0.15, 0.2) is 39.0 Å². The molecule has 0 radical (unpaired) electrons. The highest BCUT2D eigenvalue weighted by Gasteiger charge is 2.15. The zero-order chi connectivity index (χ0) is 14.7. The fourth-order valence-corrected chi connectivity index (χ4v) is 2.32. The molecule has 8 heteroatoms. The second-order valence-electron chi connectivity index (χ2n) is 4.26. The first kappa shape index (κ1) is 13.5. The van der Waals surface area contributed by atoms with Gasteiger partial charge in [-0.05, 0) is 24.6 Å². The maximum absolute atomic E-state index is 11.0. The van der Waals surface area contributed by atoms with Crippen LogP contribution in [0.3, 0.4) is 0 Å². The minimum Gasteiger partial charge on any atom is -0.334 e. The first-order chi connectivity index (χ1) is 10.2. The van der Waals surface area contributed by atoms with E-state index in [0.717, 1.165) is 11.1 Å². The summed E-state index contributed by atoms with van der Waals surface area (Å²) < 4.78 is 5.12. The smallest absolute Gasteiger partial charge is 0.257 e. The lowest BCUT2D eigenvalue weighted by Gasteiger charge is -1.96. The summed E-state index contributed by atoms with van der Waals surface area (Å²) in [6, 6.07) is 7.51. The zero-order valence-electron chi connectivity index (χ0n) is 11.1. The summed E-state index contributed by atoms with van der Waals surface area (Å²) in [4.78, 5) is 15.2. The van der Waals surface area contributed by atoms with E-state index >= 15 is 0 Å². The minimum atomic E-state index is -0.0530. The second kappa shape index (κ2) is 5.88. The molecule has 3 rings (SSSR count). The molecule has 7 nitrogen and oxygen atoms in total. The summed E-state index contributed by atoms with van der Waals surface area (Å²) in [6.07, 6.45) is 1.60. The van der Waals surface area contributed by atoms with Crippen LogP contribution in [0.5, 0.6) is 0 Å². The molecule has 106 valence electrons. The van der Waals surface area contributed by atoms with Crippen LogP contribution >= 0.6 is 11.8 Å². The minimum absolute atomic E-state index is 0.0530. The van der Waals surface area contributed by atoms with Gasteiger partial charge in [0.15, 0.2) is 11.0 Å². The molecular formula is C13H11N5O2S. The lowest BCUT2D eigenvalue weighted by Crippen LogP contribution is -2.19. The third-order valence-corrected chi connectivity index (χ3v) is 3.47. The van der Waals surface area contributed by atoms with Crippen molar-refractivity contribution >= 4 is 29.1 Å². The van der Waals surface area contributed by atoms with E-state index in [1.165, 1.54) is 11.8 Å². The largest absolute Gasteiger partial charge is 0.334 e. The van der Waals surface area contributed by atoms with Gasteiger partial charge in [-0.15, -0.1) is 5.10 Å². The summed E-state index contributed by atoms with van der Waals surface area (Å²) in [5, 5.41) is 14.8. The zero-order valence-corrected chi connectivity index (χ0v) is 11.9. The molecule has 0 aliphatic carbocycles. The van der Waals surface area contributed by atoms with Crippen LogP contribution in [0, 0.1) is 6.92 Å². The van der Waals surface area contributed by atoms with Crippen molar-refractivity contribution in [2.75, 3.05) is 5.75 Å². The van der Waals surface area contributed by atoms with E-state index in [-0.39, 0.29) is 5.91 Å². The number of hydrogen-bond donors (Lipinski definition) is 1. The standard InChI is InChI=1S/C13H11N5O2S/c1-8-15-12(20-18-8)10-4-2-3-9(5-10)6-14-17-13-16-11(19)7-21-13/h2-6H,7H2,1H3,(H,16,17,19). The molecule has 2 aromatic rings. The fourth-order valence-electron chi connectivity index (χ4n) is 1.69. The molecule has 1 aromatic carbocycles. The number of thioether (sulfide) groups is 1. The van der Waals surface area contributed by atoms with Gasteiger partial charge in [-0.25, -0.2) is 0 Å². The van der Waals surface area contributed by atoms with E-state index in [2.05, 4.69) is 25.7 Å². The van der Waals surface area contributed by atoms with E-state index in [1.807, 2.05) is 24.3 Å². The predicted octanol–water partition coefficient (Wildman–Crippen LogP) is 1.60. The Morgan fingerprint density at radius 1 is 1.48 bits per heavy atom. The lowest BCUT2D eigenvalue weighted by atomic mass is 10.1. The number of aromatic nitrogens is 2. The van der Waals surface area contributed by atoms with Crippen molar-refractivity contribution in [3.8, 4) is 11.5 Å². The average molecular weight is 301 g/mol. The Labute approximate surface area is 124 Å². The van der Waals surface area contributed by atoms with Crippen LogP contribution < -0.4 is 5.32 Å². The number of nitrogens with one attached hydrogen (secondary N) is 1. The molecule has 1 saturated heterocycles. The topological polar surface area (TPSA) is 92.7 Å². The van der Waals surface area contributed by atoms with E-state index < -0.39 is 0 Å². The Hall–Kier alpha value is -2.48. The molecule has 1 aliphatic heterocycles. The molecule has 1 aromatic heterocycles. The van der Waals surface area contributed by atoms with Crippen molar-refractivity contribution in [1.29, 1.82) is 0 Å². The monoisotopic (exact) mass is 301 g/mol. The maximum atomic E-state index is 11.0. The third-order valence-electron chi connectivity index (χ3n) is 2.60. The molecular weight excluding hydrogens is 290 g/mol. The molecule has 0 bridgehead atoms. The quantitative estimate of drug-likeness (QED) is 0.686. The molecule has 1 N–H and O–H groups in total. The van der Waals surface area contributed by atoms with Crippen LogP contribution in [0.2, 0.25) is 0 Å². The summed E-state index contributed by atoms with van der Waals surface area (Å²) in [6.45, 7) is 1.77. The molecule has 1 amide bonds. The van der Waals surface area contributed by atoms with E-state index in [9.17, 15) is 4.79 Å². The number of benzene rings is 1. The van der Waals surface area contributed by atoms with Crippen LogP contribution in [0.4, 0.5) is 0 Å². The van der Waals surface area contributed by atoms with Crippen LogP contribution in [0.25, 0.3) is 11.5 Å². The molecule has 2 heterocycles. The van der Waals surface area contributed by atoms with Crippen LogP contribution in [0.1, 0.15) is 11.4 Å². The van der Waals surface area contributed by atoms with Gasteiger partial charge in [0, 0.05) is 5.56 Å². The molecule has 0 unspecified atom stereocenters. The van der Waals surface area contributed by atoms with Gasteiger partial charge in [-0.1, -0.05) is 29.1 Å². The number of aryl methyl sites for hydroxylation is 1. The molecule has 0 spiro atoms. The molecule has 0 saturated carbocycles. The van der Waals surface area contributed by atoms with Crippen molar-refractivity contribution in [2.45, 2.75) is 6.92 Å². The number of hydrogen-bond acceptors (Lipinski definition) is 7. The van der Waals surface area contributed by atoms with Gasteiger partial charge in [0.25, 0.3) is 5.89 Å². The third kappa shape index (κ3) is 3.34. The SMILES string of the molecule is Cc1noc(-c2cccc(C=NN=C3NC(=O)CS3)c2)n1. The number of carbonyl (C=O) groups is 1. The Morgan fingerprint density at radius 2 is 2.38 bits per heavy atom. The number of amides is 1. The van der Waals surface area contributed by atoms with Crippen molar-refractivity contribution < 1.29 is 9.32 Å². The van der Waals surface area contributed by atoms with Crippen molar-refractivity contribution in [1.82, 2.24) is 15.5 Å². The Morgan fingerprint density at radius 3 is 3.10 bits per heavy atom. The second-order valence-corrected chi connectivity index (χ2v) is 5.22. The van der Waals surface area contributed by atoms with E-state index in [1.54, 1.807) is 13.1 Å². The number of carbonyl (C=O) groups excluding carboxylic acids is 1. The summed E-state index contributed by atoms with van der Waals surface area (Å²) in [5.74, 6) is 1.39. The van der Waals surface area contributed by atoms with Gasteiger partial charge in [-0.2, -0.15) is 10.1 Å². The number of nitrogens with zero attached hydrogens (tertiary/aromatic N) is 4. The van der Waals surface area contributed by atoms with Gasteiger partial charge in [-0.3, -0.25) is 4.79 Å². The molecule has 21 heavy (non-hydrogen) atoms. The normalized spacial score (nSPS) is 16.8. The van der Waals surface area contributed by atoms with Gasteiger partial charge in [0.05, 0.1) is 12.0 Å². The Balaban J connectivity index is 1.76. The maximum Gasteiger partial charge on any atom is 0.257 e. The van der Waals surface area contributed by atoms with Gasteiger partial charge in [0.2, 0.25) is 5.91 Å². The van der Waals surface area contributed by atoms with Crippen molar-refractivity contribution in [2.24, 2.45) is 10.2 Å². The highest BCUT2D eigenvalue weighted by atomic mass is 32.2.